The number of unbranched alkanes of at least 4 members (excludes halogenated alkanes) is 2. The number of aliphatic hydroxyl groups excluding tert-OH is 2. The number of carbonyl (C=O) groups is 14. The number of amides is 12. The molecule has 43 heteroatoms. The minimum Gasteiger partial charge on any atom is -0.508 e. The van der Waals surface area contributed by atoms with Crippen molar-refractivity contribution in [2.45, 2.75) is 202 Å². The summed E-state index contributed by atoms with van der Waals surface area (Å²) in [5.74, 6) is -16.3. The number of phenolic OH excluding ortho intramolecular Hbond substituents is 1. The number of rotatable bonds is 48. The molecule has 1 fully saturated rings. The maximum absolute atomic E-state index is 14.5. The predicted octanol–water partition coefficient (Wildman–Crippen LogP) is -7.74. The van der Waals surface area contributed by atoms with Gasteiger partial charge in [0.1, 0.15) is 66.2 Å². The van der Waals surface area contributed by atoms with Crippen molar-refractivity contribution in [3.05, 3.63) is 29.8 Å². The van der Waals surface area contributed by atoms with Gasteiger partial charge in [-0.1, -0.05) is 26.0 Å². The van der Waals surface area contributed by atoms with Gasteiger partial charge >= 0.3 is 18.1 Å². The zero-order chi connectivity index (χ0) is 79.7. The van der Waals surface area contributed by atoms with Crippen molar-refractivity contribution >= 4 is 94.7 Å². The highest BCUT2D eigenvalue weighted by atomic mass is 19.4. The molecule has 2 rings (SSSR count). The molecule has 32 N–H and O–H groups in total. The average molecular weight is 1500 g/mol. The lowest BCUT2D eigenvalue weighted by Crippen LogP contribution is -2.61. The molecule has 1 aliphatic heterocycles. The van der Waals surface area contributed by atoms with Gasteiger partial charge in [0.05, 0.1) is 19.3 Å². The number of hydrogen-bond donors (Lipinski definition) is 23. The molecule has 0 aliphatic carbocycles. The summed E-state index contributed by atoms with van der Waals surface area (Å²) in [6, 6.07) is -10.9. The number of hydrogen-bond acceptors (Lipinski definition) is 22. The Hall–Kier alpha value is -10.3. The van der Waals surface area contributed by atoms with E-state index in [9.17, 15) is 95.9 Å². The molecular formula is C62H104F3N21O19. The summed E-state index contributed by atoms with van der Waals surface area (Å²) in [5, 5.41) is 70.2. The first-order valence-corrected chi connectivity index (χ1v) is 33.7. The van der Waals surface area contributed by atoms with Gasteiger partial charge in [-0.25, -0.2) is 9.59 Å². The van der Waals surface area contributed by atoms with E-state index in [1.165, 1.54) is 24.3 Å². The van der Waals surface area contributed by atoms with E-state index in [4.69, 9.17) is 61.5 Å². The average Bonchev–Trinajstić information content (AvgIpc) is 1.73. The van der Waals surface area contributed by atoms with E-state index in [1.807, 2.05) is 0 Å². The summed E-state index contributed by atoms with van der Waals surface area (Å²) in [4.78, 5) is 194. The highest BCUT2D eigenvalue weighted by Gasteiger charge is 2.42. The Balaban J connectivity index is 0.00000746. The summed E-state index contributed by atoms with van der Waals surface area (Å²) >= 11 is 0. The van der Waals surface area contributed by atoms with Crippen LogP contribution >= 0.6 is 0 Å². The Morgan fingerprint density at radius 2 is 0.886 bits per heavy atom. The number of phenols is 1. The van der Waals surface area contributed by atoms with Crippen LogP contribution in [0.5, 0.6) is 5.75 Å². The fourth-order valence-corrected chi connectivity index (χ4v) is 10.2. The minimum atomic E-state index is -5.08. The molecule has 1 heterocycles. The number of carboxylic acids is 2. The maximum Gasteiger partial charge on any atom is 0.490 e. The SMILES string of the molecule is CC(C)C[C@H](NC(=O)[C@H](Cc1ccc(O)cc1)NC(=O)[C@H](CCCCN)NC(=O)[C@H](CO)NC(=O)[C@H](CCCN=C(N)N)NC(=O)[C@H](CCC(N)=O)NC(=O)[C@H](CO)NC(=O)[C@@H]1CCCN1C(=O)[C@H](CCCN=C(N)N)NC(=O)[C@H](CCCCN)NC(=O)[C@@H](N)CCC(N)=O)C(=O)O.O=C(O)C(F)(F)F. The van der Waals surface area contributed by atoms with Gasteiger partial charge in [0.15, 0.2) is 11.9 Å². The Morgan fingerprint density at radius 1 is 0.514 bits per heavy atom. The molecule has 592 valence electrons. The number of aromatic hydroxyl groups is 1. The molecule has 11 atom stereocenters. The second-order valence-electron chi connectivity index (χ2n) is 24.8. The Labute approximate surface area is 602 Å². The number of benzene rings is 1. The van der Waals surface area contributed by atoms with Crippen LogP contribution in [0.1, 0.15) is 129 Å². The number of nitrogens with two attached hydrogens (primary N) is 9. The number of carboxylic acid groups (broad SMARTS) is 2. The third-order valence-electron chi connectivity index (χ3n) is 15.7. The quantitative estimate of drug-likeness (QED) is 0.0164. The van der Waals surface area contributed by atoms with Crippen LogP contribution in [0.25, 0.3) is 0 Å². The topological polar surface area (TPSA) is 711 Å². The van der Waals surface area contributed by atoms with E-state index in [2.05, 4.69) is 57.8 Å². The second-order valence-corrected chi connectivity index (χ2v) is 24.8. The highest BCUT2D eigenvalue weighted by Crippen LogP contribution is 2.22. The van der Waals surface area contributed by atoms with E-state index in [0.29, 0.717) is 24.8 Å². The molecule has 1 aromatic carbocycles. The number of primary amides is 2. The van der Waals surface area contributed by atoms with Gasteiger partial charge in [0.25, 0.3) is 0 Å². The summed E-state index contributed by atoms with van der Waals surface area (Å²) in [5.41, 5.74) is 50.5. The third kappa shape index (κ3) is 37.1. The van der Waals surface area contributed by atoms with Gasteiger partial charge in [-0.05, 0) is 133 Å². The van der Waals surface area contributed by atoms with Gasteiger partial charge in [-0.15, -0.1) is 0 Å². The monoisotopic (exact) mass is 1500 g/mol. The molecule has 0 saturated carbocycles. The van der Waals surface area contributed by atoms with Gasteiger partial charge in [0, 0.05) is 38.9 Å². The summed E-state index contributed by atoms with van der Waals surface area (Å²) in [7, 11) is 0. The predicted molar refractivity (Wildman–Crippen MR) is 369 cm³/mol. The standard InChI is InChI=1S/C60H103N21O17.C2HF3O2/c1-32(2)28-42(58(97)98)78-53(92)41(29-33-15-17-34(84)18-16-33)77-50(89)37(11-4-6-24-62)74-54(93)43(30-82)79-51(90)38(12-7-25-70-59(66)67)73-52(91)39(20-22-47(65)86)75-55(94)44(31-83)80-56(95)45-14-9-27-81(45)57(96)40(13-8-26-71-60(68)69)76-49(88)36(10-3-5-23-61)72-48(87)35(63)19-21-46(64)85;3-2(4,5)1(6)7/h15-18,32,35-45,82-84H,3-14,19-31,61-63H2,1-2H3,(H2,64,85)(H2,65,86)(H,72,87)(H,73,91)(H,74,93)(H,75,94)(H,76,88)(H,77,89)(H,78,92)(H,79,90)(H,80,95)(H,97,98)(H4,66,67,70)(H4,68,69,71);(H,6,7)/t35-,36-,37-,38-,39-,40-,41-,42-,43-,44-,45-;/m0./s1. The number of nitrogens with zero attached hydrogens (tertiary/aromatic N) is 3. The van der Waals surface area contributed by atoms with Crippen LogP contribution in [0.4, 0.5) is 13.2 Å². The van der Waals surface area contributed by atoms with Crippen LogP contribution in [0.15, 0.2) is 34.3 Å². The number of likely N-dealkylation sites (tertiary alicyclic amines) is 1. The van der Waals surface area contributed by atoms with Gasteiger partial charge in [-0.2, -0.15) is 13.2 Å². The van der Waals surface area contributed by atoms with Gasteiger partial charge < -0.3 is 130 Å². The van der Waals surface area contributed by atoms with Crippen LogP contribution in [0.3, 0.4) is 0 Å². The fourth-order valence-electron chi connectivity index (χ4n) is 10.2. The number of halogens is 3. The lowest BCUT2D eigenvalue weighted by Gasteiger charge is -2.31. The van der Waals surface area contributed by atoms with Crippen LogP contribution in [0, 0.1) is 5.92 Å². The Kier molecular flexibility index (Phi) is 43.0. The highest BCUT2D eigenvalue weighted by molar-refractivity contribution is 5.99. The lowest BCUT2D eigenvalue weighted by atomic mass is 10.0. The van der Waals surface area contributed by atoms with Crippen molar-refractivity contribution in [3.8, 4) is 5.75 Å². The third-order valence-corrected chi connectivity index (χ3v) is 15.7. The van der Waals surface area contributed by atoms with E-state index in [0.717, 1.165) is 4.90 Å². The molecule has 0 bridgehead atoms. The first kappa shape index (κ1) is 92.7. The molecule has 40 nitrogen and oxygen atoms in total. The molecule has 1 aromatic rings. The molecule has 0 radical (unpaired) electrons. The number of aliphatic imine (C=N–C) groups is 2. The van der Waals surface area contributed by atoms with E-state index < -0.39 is 182 Å². The van der Waals surface area contributed by atoms with Crippen LogP contribution < -0.4 is 99.5 Å². The van der Waals surface area contributed by atoms with Gasteiger partial charge in [0.2, 0.25) is 70.9 Å². The minimum absolute atomic E-state index is 0.0117. The van der Waals surface area contributed by atoms with Crippen molar-refractivity contribution < 1.29 is 106 Å². The van der Waals surface area contributed by atoms with E-state index in [-0.39, 0.29) is 140 Å². The first-order chi connectivity index (χ1) is 49.3. The van der Waals surface area contributed by atoms with Crippen molar-refractivity contribution in [3.63, 3.8) is 0 Å². The smallest absolute Gasteiger partial charge is 0.490 e. The zero-order valence-corrected chi connectivity index (χ0v) is 58.5. The summed E-state index contributed by atoms with van der Waals surface area (Å²) in [6.45, 7) is 1.57. The van der Waals surface area contributed by atoms with E-state index >= 15 is 0 Å². The normalized spacial score (nSPS) is 15.4. The molecule has 1 saturated heterocycles. The van der Waals surface area contributed by atoms with Crippen molar-refractivity contribution in [1.29, 1.82) is 0 Å². The number of aliphatic carboxylic acids is 2. The zero-order valence-electron chi connectivity index (χ0n) is 58.5. The molecule has 0 unspecified atom stereocenters. The number of nitrogens with one attached hydrogen (secondary N) is 9. The van der Waals surface area contributed by atoms with Crippen molar-refractivity contribution in [2.24, 2.45) is 67.5 Å². The molecule has 105 heavy (non-hydrogen) atoms. The largest absolute Gasteiger partial charge is 0.508 e. The molecule has 12 amide bonds. The lowest BCUT2D eigenvalue weighted by molar-refractivity contribution is -0.192. The Morgan fingerprint density at radius 3 is 1.30 bits per heavy atom. The van der Waals surface area contributed by atoms with Crippen molar-refractivity contribution in [1.82, 2.24) is 52.8 Å². The van der Waals surface area contributed by atoms with Crippen LogP contribution in [0.2, 0.25) is 0 Å². The van der Waals surface area contributed by atoms with Crippen LogP contribution in [-0.4, -0.2) is 244 Å². The number of guanidine groups is 2. The summed E-state index contributed by atoms with van der Waals surface area (Å²) < 4.78 is 31.7. The maximum atomic E-state index is 14.5. The number of aliphatic hydroxyl groups is 2. The van der Waals surface area contributed by atoms with Crippen molar-refractivity contribution in [2.75, 3.05) is 45.9 Å². The van der Waals surface area contributed by atoms with E-state index in [1.54, 1.807) is 13.8 Å². The fraction of sp³-hybridized carbons (Fsp3) is 0.645. The number of carbonyl (C=O) groups excluding carboxylic acids is 12. The first-order valence-electron chi connectivity index (χ1n) is 33.7. The van der Waals surface area contributed by atoms with Crippen LogP contribution in [-0.2, 0) is 73.5 Å². The summed E-state index contributed by atoms with van der Waals surface area (Å²) in [6.07, 6.45) is -5.38. The molecule has 0 spiro atoms. The number of alkyl halides is 3. The molecular weight excluding hydrogens is 1400 g/mol. The van der Waals surface area contributed by atoms with Gasteiger partial charge in [-0.3, -0.25) is 67.5 Å². The second kappa shape index (κ2) is 48.6. The molecule has 1 aliphatic rings. The molecule has 0 aromatic heterocycles. The Bertz CT molecular complexity index is 3110.